The minimum absolute atomic E-state index is 0.0151. The van der Waals surface area contributed by atoms with E-state index in [-0.39, 0.29) is 17.2 Å². The number of aromatic hydroxyl groups is 1. The Morgan fingerprint density at radius 1 is 1.24 bits per heavy atom. The molecule has 3 N–H and O–H groups in total. The Morgan fingerprint density at radius 3 is 2.67 bits per heavy atom. The summed E-state index contributed by atoms with van der Waals surface area (Å²) in [6.07, 6.45) is 0. The van der Waals surface area contributed by atoms with Gasteiger partial charge >= 0.3 is 0 Å². The predicted octanol–water partition coefficient (Wildman–Crippen LogP) is 2.78. The van der Waals surface area contributed by atoms with E-state index in [1.165, 1.54) is 18.2 Å². The summed E-state index contributed by atoms with van der Waals surface area (Å²) >= 11 is 6.01. The first-order valence-electron chi connectivity index (χ1n) is 6.53. The molecule has 0 radical (unpaired) electrons. The van der Waals surface area contributed by atoms with Crippen LogP contribution in [0.25, 0.3) is 0 Å². The number of nitrogens with two attached hydrogens (primary N) is 1. The topological polar surface area (TPSA) is 66.6 Å². The van der Waals surface area contributed by atoms with Crippen LogP contribution in [0.15, 0.2) is 42.5 Å². The monoisotopic (exact) mass is 304 g/mol. The summed E-state index contributed by atoms with van der Waals surface area (Å²) in [6, 6.07) is 12.1. The summed E-state index contributed by atoms with van der Waals surface area (Å²) in [5.74, 6) is -0.227. The molecule has 0 atom stereocenters. The molecule has 0 saturated heterocycles. The summed E-state index contributed by atoms with van der Waals surface area (Å²) in [4.78, 5) is 13.9. The van der Waals surface area contributed by atoms with Gasteiger partial charge in [0.2, 0.25) is 0 Å². The van der Waals surface area contributed by atoms with Crippen molar-refractivity contribution in [3.8, 4) is 5.75 Å². The van der Waals surface area contributed by atoms with E-state index in [0.717, 1.165) is 11.1 Å². The van der Waals surface area contributed by atoms with Gasteiger partial charge in [-0.15, -0.1) is 0 Å². The maximum Gasteiger partial charge on any atom is 0.255 e. The fourth-order valence-corrected chi connectivity index (χ4v) is 2.28. The SMILES string of the molecule is CN(Cc1cccc(CN)c1)C(=O)c1cc(O)ccc1Cl. The third-order valence-electron chi connectivity index (χ3n) is 3.17. The van der Waals surface area contributed by atoms with E-state index in [2.05, 4.69) is 0 Å². The fourth-order valence-electron chi connectivity index (χ4n) is 2.08. The second-order valence-electron chi connectivity index (χ2n) is 4.85. The van der Waals surface area contributed by atoms with Gasteiger partial charge in [-0.3, -0.25) is 4.79 Å². The molecule has 2 aromatic rings. The number of hydrogen-bond acceptors (Lipinski definition) is 3. The molecular formula is C16H17ClN2O2. The normalized spacial score (nSPS) is 10.4. The zero-order chi connectivity index (χ0) is 15.4. The number of amides is 1. The van der Waals surface area contributed by atoms with Crippen LogP contribution in [-0.4, -0.2) is 23.0 Å². The number of phenols is 1. The molecule has 0 unspecified atom stereocenters. The molecule has 5 heteroatoms. The standard InChI is InChI=1S/C16H17ClN2O2/c1-19(10-12-4-2-3-11(7-12)9-18)16(21)14-8-13(20)5-6-15(14)17/h2-8,20H,9-10,18H2,1H3. The number of carbonyl (C=O) groups excluding carboxylic acids is 1. The molecule has 0 spiro atoms. The highest BCUT2D eigenvalue weighted by molar-refractivity contribution is 6.33. The molecule has 0 fully saturated rings. The Labute approximate surface area is 128 Å². The van der Waals surface area contributed by atoms with Gasteiger partial charge in [0.15, 0.2) is 0 Å². The van der Waals surface area contributed by atoms with E-state index in [9.17, 15) is 9.90 Å². The van der Waals surface area contributed by atoms with E-state index in [1.807, 2.05) is 24.3 Å². The molecule has 0 saturated carbocycles. The van der Waals surface area contributed by atoms with Crippen molar-refractivity contribution in [3.63, 3.8) is 0 Å². The van der Waals surface area contributed by atoms with Crippen LogP contribution in [0.2, 0.25) is 5.02 Å². The maximum absolute atomic E-state index is 12.4. The van der Waals surface area contributed by atoms with E-state index >= 15 is 0 Å². The van der Waals surface area contributed by atoms with Crippen LogP contribution in [-0.2, 0) is 13.1 Å². The van der Waals surface area contributed by atoms with Gasteiger partial charge < -0.3 is 15.7 Å². The molecule has 2 rings (SSSR count). The smallest absolute Gasteiger partial charge is 0.255 e. The lowest BCUT2D eigenvalue weighted by atomic mass is 10.1. The van der Waals surface area contributed by atoms with Gasteiger partial charge in [-0.1, -0.05) is 35.9 Å². The van der Waals surface area contributed by atoms with E-state index < -0.39 is 0 Å². The molecule has 0 aromatic heterocycles. The highest BCUT2D eigenvalue weighted by Crippen LogP contribution is 2.23. The van der Waals surface area contributed by atoms with Gasteiger partial charge in [0.1, 0.15) is 5.75 Å². The molecule has 2 aromatic carbocycles. The van der Waals surface area contributed by atoms with Gasteiger partial charge in [-0.25, -0.2) is 0 Å². The largest absolute Gasteiger partial charge is 0.508 e. The summed E-state index contributed by atoms with van der Waals surface area (Å²) < 4.78 is 0. The number of halogens is 1. The van der Waals surface area contributed by atoms with Gasteiger partial charge in [0, 0.05) is 20.1 Å². The van der Waals surface area contributed by atoms with Crippen molar-refractivity contribution in [2.75, 3.05) is 7.05 Å². The molecule has 0 aliphatic heterocycles. The maximum atomic E-state index is 12.4. The third-order valence-corrected chi connectivity index (χ3v) is 3.50. The van der Waals surface area contributed by atoms with Gasteiger partial charge in [-0.05, 0) is 29.3 Å². The number of rotatable bonds is 4. The molecule has 0 bridgehead atoms. The van der Waals surface area contributed by atoms with Crippen molar-refractivity contribution in [1.82, 2.24) is 4.90 Å². The Hall–Kier alpha value is -2.04. The first-order valence-corrected chi connectivity index (χ1v) is 6.91. The Balaban J connectivity index is 2.17. The number of benzene rings is 2. The lowest BCUT2D eigenvalue weighted by Crippen LogP contribution is -2.26. The van der Waals surface area contributed by atoms with Crippen LogP contribution < -0.4 is 5.73 Å². The molecule has 0 aliphatic carbocycles. The van der Waals surface area contributed by atoms with Gasteiger partial charge in [0.05, 0.1) is 10.6 Å². The van der Waals surface area contributed by atoms with Gasteiger partial charge in [0.25, 0.3) is 5.91 Å². The second-order valence-corrected chi connectivity index (χ2v) is 5.26. The van der Waals surface area contributed by atoms with Crippen molar-refractivity contribution < 1.29 is 9.90 Å². The zero-order valence-electron chi connectivity index (χ0n) is 11.7. The van der Waals surface area contributed by atoms with Gasteiger partial charge in [-0.2, -0.15) is 0 Å². The summed E-state index contributed by atoms with van der Waals surface area (Å²) in [6.45, 7) is 0.905. The van der Waals surface area contributed by atoms with E-state index in [4.69, 9.17) is 17.3 Å². The molecule has 0 aliphatic rings. The van der Waals surface area contributed by atoms with Crippen LogP contribution in [0.1, 0.15) is 21.5 Å². The van der Waals surface area contributed by atoms with Crippen molar-refractivity contribution in [2.24, 2.45) is 5.73 Å². The van der Waals surface area contributed by atoms with E-state index in [1.54, 1.807) is 11.9 Å². The lowest BCUT2D eigenvalue weighted by Gasteiger charge is -2.18. The first kappa shape index (κ1) is 15.4. The summed E-state index contributed by atoms with van der Waals surface area (Å²) in [7, 11) is 1.69. The van der Waals surface area contributed by atoms with Crippen LogP contribution in [0.3, 0.4) is 0 Å². The molecule has 21 heavy (non-hydrogen) atoms. The molecule has 0 heterocycles. The molecule has 1 amide bonds. The van der Waals surface area contributed by atoms with Crippen LogP contribution in [0, 0.1) is 0 Å². The molecular weight excluding hydrogens is 288 g/mol. The quantitative estimate of drug-likeness (QED) is 0.912. The van der Waals surface area contributed by atoms with E-state index in [0.29, 0.717) is 18.1 Å². The van der Waals surface area contributed by atoms with Crippen molar-refractivity contribution in [3.05, 3.63) is 64.2 Å². The van der Waals surface area contributed by atoms with Crippen molar-refractivity contribution in [2.45, 2.75) is 13.1 Å². The number of hydrogen-bond donors (Lipinski definition) is 2. The Bertz CT molecular complexity index is 658. The second kappa shape index (κ2) is 6.61. The number of nitrogens with zero attached hydrogens (tertiary/aromatic N) is 1. The minimum atomic E-state index is -0.242. The molecule has 4 nitrogen and oxygen atoms in total. The fraction of sp³-hybridized carbons (Fsp3) is 0.188. The van der Waals surface area contributed by atoms with Crippen LogP contribution >= 0.6 is 11.6 Å². The molecule has 110 valence electrons. The zero-order valence-corrected chi connectivity index (χ0v) is 12.5. The Kier molecular flexibility index (Phi) is 4.83. The summed E-state index contributed by atoms with van der Waals surface area (Å²) in [5, 5.41) is 9.80. The minimum Gasteiger partial charge on any atom is -0.508 e. The number of phenolic OH excluding ortho intramolecular Hbond substituents is 1. The summed E-state index contributed by atoms with van der Waals surface area (Å²) in [5.41, 5.74) is 7.91. The number of carbonyl (C=O) groups is 1. The van der Waals surface area contributed by atoms with Crippen LogP contribution in [0.5, 0.6) is 5.75 Å². The van der Waals surface area contributed by atoms with Crippen molar-refractivity contribution >= 4 is 17.5 Å². The Morgan fingerprint density at radius 2 is 1.95 bits per heavy atom. The first-order chi connectivity index (χ1) is 10.0. The average molecular weight is 305 g/mol. The van der Waals surface area contributed by atoms with Crippen molar-refractivity contribution in [1.29, 1.82) is 0 Å². The third kappa shape index (κ3) is 3.74. The average Bonchev–Trinajstić information content (AvgIpc) is 2.49. The highest BCUT2D eigenvalue weighted by atomic mass is 35.5. The van der Waals surface area contributed by atoms with Crippen LogP contribution in [0.4, 0.5) is 0 Å². The highest BCUT2D eigenvalue weighted by Gasteiger charge is 2.16. The predicted molar refractivity (Wildman–Crippen MR) is 83.2 cm³/mol. The lowest BCUT2D eigenvalue weighted by molar-refractivity contribution is 0.0785.